The molecule has 0 aliphatic heterocycles. The molecule has 1 N–H and O–H groups in total. The van der Waals surface area contributed by atoms with E-state index in [0.717, 1.165) is 49.4 Å². The second kappa shape index (κ2) is 11.2. The van der Waals surface area contributed by atoms with Crippen molar-refractivity contribution in [2.75, 3.05) is 0 Å². The average molecular weight is 599 g/mol. The molecule has 0 fully saturated rings. The average Bonchev–Trinajstić information content (AvgIpc) is 3.42. The molecule has 0 aliphatic rings. The SMILES string of the molecule is CC(C)Oc1nc(-c2ccccc2O)nc(-c2cc3c(c4ccccc24)c2ccc(-c4ccccc4)cc2n3-c2ccccc2)n1. The van der Waals surface area contributed by atoms with Crippen LogP contribution in [0.4, 0.5) is 0 Å². The first kappa shape index (κ1) is 27.5. The maximum Gasteiger partial charge on any atom is 0.320 e. The van der Waals surface area contributed by atoms with Crippen LogP contribution >= 0.6 is 0 Å². The van der Waals surface area contributed by atoms with Gasteiger partial charge in [0, 0.05) is 22.0 Å². The highest BCUT2D eigenvalue weighted by Gasteiger charge is 2.21. The number of fused-ring (bicyclic) bond motifs is 5. The second-order valence-electron chi connectivity index (χ2n) is 11.6. The first-order valence-electron chi connectivity index (χ1n) is 15.4. The first-order valence-corrected chi connectivity index (χ1v) is 15.4. The minimum Gasteiger partial charge on any atom is -0.507 e. The lowest BCUT2D eigenvalue weighted by atomic mass is 9.97. The highest BCUT2D eigenvalue weighted by atomic mass is 16.5. The second-order valence-corrected chi connectivity index (χ2v) is 11.6. The van der Waals surface area contributed by atoms with Gasteiger partial charge in [0.2, 0.25) is 0 Å². The van der Waals surface area contributed by atoms with Gasteiger partial charge in [0.05, 0.1) is 22.7 Å². The maximum atomic E-state index is 10.7. The lowest BCUT2D eigenvalue weighted by molar-refractivity contribution is 0.222. The van der Waals surface area contributed by atoms with Gasteiger partial charge in [-0.3, -0.25) is 0 Å². The molecule has 222 valence electrons. The molecule has 0 spiro atoms. The highest BCUT2D eigenvalue weighted by molar-refractivity contribution is 6.24. The van der Waals surface area contributed by atoms with Crippen LogP contribution in [0.25, 0.3) is 72.2 Å². The van der Waals surface area contributed by atoms with E-state index in [4.69, 9.17) is 14.7 Å². The molecule has 0 saturated carbocycles. The lowest BCUT2D eigenvalue weighted by Gasteiger charge is -2.14. The van der Waals surface area contributed by atoms with Crippen molar-refractivity contribution in [3.63, 3.8) is 0 Å². The third-order valence-corrected chi connectivity index (χ3v) is 8.24. The number of benzene rings is 6. The molecule has 8 rings (SSSR count). The minimum atomic E-state index is -0.147. The molecule has 46 heavy (non-hydrogen) atoms. The Balaban J connectivity index is 1.47. The van der Waals surface area contributed by atoms with Gasteiger partial charge in [-0.25, -0.2) is 4.98 Å². The van der Waals surface area contributed by atoms with Crippen LogP contribution in [0.2, 0.25) is 0 Å². The Bertz CT molecular complexity index is 2380. The Kier molecular flexibility index (Phi) is 6.68. The van der Waals surface area contributed by atoms with Crippen LogP contribution in [-0.4, -0.2) is 30.7 Å². The number of hydrogen-bond donors (Lipinski definition) is 1. The van der Waals surface area contributed by atoms with Crippen molar-refractivity contribution in [3.8, 4) is 51.3 Å². The zero-order valence-corrected chi connectivity index (χ0v) is 25.4. The molecule has 0 amide bonds. The summed E-state index contributed by atoms with van der Waals surface area (Å²) < 4.78 is 8.35. The number of aromatic nitrogens is 4. The smallest absolute Gasteiger partial charge is 0.320 e. The van der Waals surface area contributed by atoms with E-state index >= 15 is 0 Å². The lowest BCUT2D eigenvalue weighted by Crippen LogP contribution is -2.10. The number of ether oxygens (including phenoxy) is 1. The van der Waals surface area contributed by atoms with Crippen molar-refractivity contribution in [1.29, 1.82) is 0 Å². The van der Waals surface area contributed by atoms with Gasteiger partial charge in [-0.1, -0.05) is 97.1 Å². The summed E-state index contributed by atoms with van der Waals surface area (Å²) in [6, 6.07) is 45.5. The van der Waals surface area contributed by atoms with Crippen molar-refractivity contribution in [2.24, 2.45) is 0 Å². The molecule has 2 heterocycles. The standard InChI is InChI=1S/C40H30N4O2/c1-25(2)46-40-42-38(32-19-11-12-20-36(32)45)41-39(43-40)33-24-35-37(30-18-10-9-17-29(30)33)31-22-21-27(26-13-5-3-6-14-26)23-34(31)44(35)28-15-7-4-8-16-28/h3-25,45H,1-2H3. The van der Waals surface area contributed by atoms with E-state index in [1.807, 2.05) is 38.1 Å². The van der Waals surface area contributed by atoms with Gasteiger partial charge in [-0.05, 0) is 72.1 Å². The van der Waals surface area contributed by atoms with E-state index in [0.29, 0.717) is 17.2 Å². The number of aromatic hydroxyl groups is 1. The summed E-state index contributed by atoms with van der Waals surface area (Å²) in [5, 5.41) is 15.1. The molecule has 6 heteroatoms. The summed E-state index contributed by atoms with van der Waals surface area (Å²) in [5.74, 6) is 0.907. The predicted molar refractivity (Wildman–Crippen MR) is 185 cm³/mol. The molecule has 6 aromatic carbocycles. The molecule has 0 unspecified atom stereocenters. The molecule has 2 aromatic heterocycles. The van der Waals surface area contributed by atoms with Gasteiger partial charge in [0.25, 0.3) is 0 Å². The fraction of sp³-hybridized carbons (Fsp3) is 0.0750. The van der Waals surface area contributed by atoms with Crippen LogP contribution in [0.1, 0.15) is 13.8 Å². The number of phenols is 1. The number of phenolic OH excluding ortho intramolecular Hbond substituents is 1. The maximum absolute atomic E-state index is 10.7. The Hall–Kier alpha value is -6.01. The topological polar surface area (TPSA) is 73.1 Å². The summed E-state index contributed by atoms with van der Waals surface area (Å²) in [6.07, 6.45) is -0.147. The highest BCUT2D eigenvalue weighted by Crippen LogP contribution is 2.42. The third kappa shape index (κ3) is 4.72. The number of para-hydroxylation sites is 2. The van der Waals surface area contributed by atoms with Gasteiger partial charge in [-0.15, -0.1) is 0 Å². The van der Waals surface area contributed by atoms with Crippen molar-refractivity contribution >= 4 is 32.6 Å². The van der Waals surface area contributed by atoms with Crippen molar-refractivity contribution in [1.82, 2.24) is 19.5 Å². The molecule has 0 aliphatic carbocycles. The number of rotatable bonds is 6. The molecular weight excluding hydrogens is 568 g/mol. The summed E-state index contributed by atoms with van der Waals surface area (Å²) in [4.78, 5) is 14.4. The van der Waals surface area contributed by atoms with E-state index in [1.54, 1.807) is 18.2 Å². The summed E-state index contributed by atoms with van der Waals surface area (Å²) >= 11 is 0. The van der Waals surface area contributed by atoms with Gasteiger partial charge in [0.15, 0.2) is 11.6 Å². The van der Waals surface area contributed by atoms with Crippen LogP contribution < -0.4 is 4.74 Å². The molecule has 6 nitrogen and oxygen atoms in total. The van der Waals surface area contributed by atoms with Gasteiger partial charge < -0.3 is 14.4 Å². The largest absolute Gasteiger partial charge is 0.507 e. The van der Waals surface area contributed by atoms with Gasteiger partial charge in [0.1, 0.15) is 5.75 Å². The van der Waals surface area contributed by atoms with Crippen molar-refractivity contribution in [2.45, 2.75) is 20.0 Å². The van der Waals surface area contributed by atoms with E-state index in [-0.39, 0.29) is 17.9 Å². The molecule has 8 aromatic rings. The Morgan fingerprint density at radius 3 is 1.96 bits per heavy atom. The molecule has 0 radical (unpaired) electrons. The van der Waals surface area contributed by atoms with Gasteiger partial charge >= 0.3 is 6.01 Å². The van der Waals surface area contributed by atoms with E-state index in [9.17, 15) is 5.11 Å². The summed E-state index contributed by atoms with van der Waals surface area (Å²) in [5.41, 5.74) is 6.88. The third-order valence-electron chi connectivity index (χ3n) is 8.24. The molecule has 0 saturated heterocycles. The zero-order chi connectivity index (χ0) is 31.2. The summed E-state index contributed by atoms with van der Waals surface area (Å²) in [7, 11) is 0. The predicted octanol–water partition coefficient (Wildman–Crippen LogP) is 9.62. The molecule has 0 atom stereocenters. The van der Waals surface area contributed by atoms with Crippen LogP contribution in [0, 0.1) is 0 Å². The van der Waals surface area contributed by atoms with Crippen molar-refractivity contribution < 1.29 is 9.84 Å². The normalized spacial score (nSPS) is 11.5. The van der Waals surface area contributed by atoms with Crippen LogP contribution in [-0.2, 0) is 0 Å². The monoisotopic (exact) mass is 598 g/mol. The summed E-state index contributed by atoms with van der Waals surface area (Å²) in [6.45, 7) is 3.87. The molecular formula is C40H30N4O2. The number of hydrogen-bond acceptors (Lipinski definition) is 5. The van der Waals surface area contributed by atoms with E-state index < -0.39 is 0 Å². The van der Waals surface area contributed by atoms with Crippen molar-refractivity contribution in [3.05, 3.63) is 133 Å². The fourth-order valence-electron chi connectivity index (χ4n) is 6.25. The van der Waals surface area contributed by atoms with Crippen LogP contribution in [0.3, 0.4) is 0 Å². The first-order chi connectivity index (χ1) is 22.5. The van der Waals surface area contributed by atoms with Crippen LogP contribution in [0.15, 0.2) is 133 Å². The van der Waals surface area contributed by atoms with E-state index in [1.165, 1.54) is 5.56 Å². The fourth-order valence-corrected chi connectivity index (χ4v) is 6.25. The Labute approximate surface area is 266 Å². The Morgan fingerprint density at radius 1 is 0.565 bits per heavy atom. The number of nitrogens with zero attached hydrogens (tertiary/aromatic N) is 4. The molecule has 0 bridgehead atoms. The quantitative estimate of drug-likeness (QED) is 0.206. The van der Waals surface area contributed by atoms with E-state index in [2.05, 4.69) is 101 Å². The van der Waals surface area contributed by atoms with Gasteiger partial charge in [-0.2, -0.15) is 9.97 Å². The zero-order valence-electron chi connectivity index (χ0n) is 25.4. The Morgan fingerprint density at radius 2 is 1.22 bits per heavy atom. The minimum absolute atomic E-state index is 0.0916. The van der Waals surface area contributed by atoms with Crippen LogP contribution in [0.5, 0.6) is 11.8 Å².